The first-order valence-corrected chi connectivity index (χ1v) is 8.36. The van der Waals surface area contributed by atoms with Crippen LogP contribution in [-0.4, -0.2) is 58.4 Å². The van der Waals surface area contributed by atoms with Gasteiger partial charge in [0.15, 0.2) is 0 Å². The van der Waals surface area contributed by atoms with Crippen LogP contribution in [0.3, 0.4) is 0 Å². The van der Waals surface area contributed by atoms with E-state index in [0.717, 1.165) is 44.0 Å². The Hall–Kier alpha value is -2.47. The van der Waals surface area contributed by atoms with Gasteiger partial charge in [0.25, 0.3) is 5.91 Å². The van der Waals surface area contributed by atoms with Crippen LogP contribution in [0.15, 0.2) is 42.9 Å². The Bertz CT molecular complexity index is 651. The molecule has 1 aliphatic heterocycles. The maximum absolute atomic E-state index is 12.5. The van der Waals surface area contributed by atoms with Crippen molar-refractivity contribution in [2.75, 3.05) is 38.0 Å². The number of amides is 1. The van der Waals surface area contributed by atoms with Gasteiger partial charge in [0.05, 0.1) is 11.9 Å². The van der Waals surface area contributed by atoms with Crippen LogP contribution in [0.2, 0.25) is 0 Å². The molecule has 2 aromatic heterocycles. The largest absolute Gasteiger partial charge is 0.380 e. The minimum atomic E-state index is 0.0198. The van der Waals surface area contributed by atoms with Crippen LogP contribution in [0, 0.1) is 0 Å². The number of piperazine rings is 1. The Labute approximate surface area is 142 Å². The topological polar surface area (TPSA) is 61.4 Å². The molecule has 0 saturated carbocycles. The summed E-state index contributed by atoms with van der Waals surface area (Å²) >= 11 is 0. The molecule has 0 aromatic carbocycles. The lowest BCUT2D eigenvalue weighted by molar-refractivity contribution is 0.0637. The summed E-state index contributed by atoms with van der Waals surface area (Å²) in [5.74, 6) is 0.0198. The first kappa shape index (κ1) is 16.4. The van der Waals surface area contributed by atoms with Gasteiger partial charge in [-0.3, -0.25) is 9.78 Å². The average Bonchev–Trinajstić information content (AvgIpc) is 2.67. The molecule has 0 spiro atoms. The molecule has 2 aromatic rings. The van der Waals surface area contributed by atoms with E-state index in [2.05, 4.69) is 27.1 Å². The lowest BCUT2D eigenvalue weighted by Crippen LogP contribution is -2.48. The molecule has 1 saturated heterocycles. The number of pyridine rings is 2. The van der Waals surface area contributed by atoms with Crippen LogP contribution in [0.1, 0.15) is 23.0 Å². The molecule has 0 unspecified atom stereocenters. The molecule has 24 heavy (non-hydrogen) atoms. The molecule has 3 heterocycles. The standard InChI is InChI=1S/C18H23N5O/c1-2-22-9-11-23(12-10-22)18(24)17-4-3-16(14-21-17)20-13-15-5-7-19-8-6-15/h3-8,14,20H,2,9-13H2,1H3. The van der Waals surface area contributed by atoms with E-state index in [-0.39, 0.29) is 5.91 Å². The summed E-state index contributed by atoms with van der Waals surface area (Å²) in [5.41, 5.74) is 2.56. The van der Waals surface area contributed by atoms with E-state index in [9.17, 15) is 4.79 Å². The Kier molecular flexibility index (Phi) is 5.38. The molecule has 126 valence electrons. The fourth-order valence-electron chi connectivity index (χ4n) is 2.76. The summed E-state index contributed by atoms with van der Waals surface area (Å²) < 4.78 is 0. The number of hydrogen-bond donors (Lipinski definition) is 1. The second-order valence-electron chi connectivity index (χ2n) is 5.87. The number of hydrogen-bond acceptors (Lipinski definition) is 5. The van der Waals surface area contributed by atoms with Crippen LogP contribution in [0.5, 0.6) is 0 Å². The van der Waals surface area contributed by atoms with Crippen molar-refractivity contribution in [2.24, 2.45) is 0 Å². The van der Waals surface area contributed by atoms with Gasteiger partial charge in [-0.2, -0.15) is 0 Å². The van der Waals surface area contributed by atoms with Crippen molar-refractivity contribution in [2.45, 2.75) is 13.5 Å². The number of nitrogens with one attached hydrogen (secondary N) is 1. The third-order valence-corrected chi connectivity index (χ3v) is 4.34. The third-order valence-electron chi connectivity index (χ3n) is 4.34. The highest BCUT2D eigenvalue weighted by molar-refractivity contribution is 5.92. The van der Waals surface area contributed by atoms with Gasteiger partial charge >= 0.3 is 0 Å². The van der Waals surface area contributed by atoms with Gasteiger partial charge in [-0.1, -0.05) is 6.92 Å². The maximum atomic E-state index is 12.5. The molecule has 0 aliphatic carbocycles. The van der Waals surface area contributed by atoms with Crippen molar-refractivity contribution in [3.05, 3.63) is 54.1 Å². The van der Waals surface area contributed by atoms with Gasteiger partial charge < -0.3 is 15.1 Å². The van der Waals surface area contributed by atoms with Crippen molar-refractivity contribution in [3.8, 4) is 0 Å². The van der Waals surface area contributed by atoms with Crippen molar-refractivity contribution in [1.29, 1.82) is 0 Å². The van der Waals surface area contributed by atoms with Crippen molar-refractivity contribution < 1.29 is 4.79 Å². The average molecular weight is 325 g/mol. The Balaban J connectivity index is 1.55. The van der Waals surface area contributed by atoms with Crippen molar-refractivity contribution in [3.63, 3.8) is 0 Å². The van der Waals surface area contributed by atoms with Crippen LogP contribution >= 0.6 is 0 Å². The second kappa shape index (κ2) is 7.88. The molecule has 6 nitrogen and oxygen atoms in total. The molecule has 3 rings (SSSR count). The van der Waals surface area contributed by atoms with Gasteiger partial charge in [-0.25, -0.2) is 4.98 Å². The predicted octanol–water partition coefficient (Wildman–Crippen LogP) is 1.87. The molecular weight excluding hydrogens is 302 g/mol. The van der Waals surface area contributed by atoms with Crippen molar-refractivity contribution >= 4 is 11.6 Å². The Morgan fingerprint density at radius 2 is 1.88 bits per heavy atom. The quantitative estimate of drug-likeness (QED) is 0.909. The zero-order valence-corrected chi connectivity index (χ0v) is 14.0. The lowest BCUT2D eigenvalue weighted by Gasteiger charge is -2.33. The maximum Gasteiger partial charge on any atom is 0.272 e. The molecule has 1 aliphatic rings. The van der Waals surface area contributed by atoms with Crippen LogP contribution in [0.25, 0.3) is 0 Å². The summed E-state index contributed by atoms with van der Waals surface area (Å²) in [6.45, 7) is 7.32. The van der Waals surface area contributed by atoms with Crippen LogP contribution in [-0.2, 0) is 6.54 Å². The zero-order chi connectivity index (χ0) is 16.8. The molecule has 6 heteroatoms. The van der Waals surface area contributed by atoms with Gasteiger partial charge in [0, 0.05) is 45.1 Å². The highest BCUT2D eigenvalue weighted by Gasteiger charge is 2.21. The summed E-state index contributed by atoms with van der Waals surface area (Å²) in [6.07, 6.45) is 5.27. The molecule has 0 bridgehead atoms. The van der Waals surface area contributed by atoms with E-state index in [4.69, 9.17) is 0 Å². The SMILES string of the molecule is CCN1CCN(C(=O)c2ccc(NCc3ccncc3)cn2)CC1. The number of anilines is 1. The van der Waals surface area contributed by atoms with Crippen LogP contribution < -0.4 is 5.32 Å². The number of rotatable bonds is 5. The first-order chi connectivity index (χ1) is 11.8. The second-order valence-corrected chi connectivity index (χ2v) is 5.87. The van der Waals surface area contributed by atoms with Gasteiger partial charge in [-0.05, 0) is 36.4 Å². The molecule has 1 fully saturated rings. The van der Waals surface area contributed by atoms with Gasteiger partial charge in [-0.15, -0.1) is 0 Å². The summed E-state index contributed by atoms with van der Waals surface area (Å²) in [5, 5.41) is 3.30. The highest BCUT2D eigenvalue weighted by Crippen LogP contribution is 2.11. The van der Waals surface area contributed by atoms with Crippen LogP contribution in [0.4, 0.5) is 5.69 Å². The molecule has 1 amide bonds. The van der Waals surface area contributed by atoms with Gasteiger partial charge in [0.1, 0.15) is 5.69 Å². The molecule has 0 atom stereocenters. The Morgan fingerprint density at radius 3 is 2.50 bits per heavy atom. The number of likely N-dealkylation sites (N-methyl/N-ethyl adjacent to an activating group) is 1. The molecule has 0 radical (unpaired) electrons. The molecule has 1 N–H and O–H groups in total. The van der Waals surface area contributed by atoms with Crippen molar-refractivity contribution in [1.82, 2.24) is 19.8 Å². The normalized spacial score (nSPS) is 15.3. The fraction of sp³-hybridized carbons (Fsp3) is 0.389. The number of carbonyl (C=O) groups is 1. The molecular formula is C18H23N5O. The van der Waals surface area contributed by atoms with E-state index in [1.54, 1.807) is 24.7 Å². The summed E-state index contributed by atoms with van der Waals surface area (Å²) in [4.78, 5) is 25.1. The number of carbonyl (C=O) groups excluding carboxylic acids is 1. The third kappa shape index (κ3) is 4.08. The first-order valence-electron chi connectivity index (χ1n) is 8.36. The minimum Gasteiger partial charge on any atom is -0.380 e. The van der Waals surface area contributed by atoms with E-state index in [0.29, 0.717) is 12.2 Å². The van der Waals surface area contributed by atoms with E-state index >= 15 is 0 Å². The van der Waals surface area contributed by atoms with E-state index in [1.165, 1.54) is 0 Å². The van der Waals surface area contributed by atoms with E-state index in [1.807, 2.05) is 23.1 Å². The number of nitrogens with zero attached hydrogens (tertiary/aromatic N) is 4. The Morgan fingerprint density at radius 1 is 1.12 bits per heavy atom. The number of aromatic nitrogens is 2. The monoisotopic (exact) mass is 325 g/mol. The lowest BCUT2D eigenvalue weighted by atomic mass is 10.2. The zero-order valence-electron chi connectivity index (χ0n) is 14.0. The van der Waals surface area contributed by atoms with Gasteiger partial charge in [0.2, 0.25) is 0 Å². The highest BCUT2D eigenvalue weighted by atomic mass is 16.2. The minimum absolute atomic E-state index is 0.0198. The summed E-state index contributed by atoms with van der Waals surface area (Å²) in [7, 11) is 0. The summed E-state index contributed by atoms with van der Waals surface area (Å²) in [6, 6.07) is 7.63. The smallest absolute Gasteiger partial charge is 0.272 e. The predicted molar refractivity (Wildman–Crippen MR) is 93.8 cm³/mol. The van der Waals surface area contributed by atoms with E-state index < -0.39 is 0 Å². The fourth-order valence-corrected chi connectivity index (χ4v) is 2.76.